The Morgan fingerprint density at radius 1 is 1.08 bits per heavy atom. The molecule has 0 radical (unpaired) electrons. The molecule has 1 aliphatic heterocycles. The van der Waals surface area contributed by atoms with Crippen molar-refractivity contribution in [1.82, 2.24) is 0 Å². The largest absolute Gasteiger partial charge is 0.507 e. The molecule has 3 aromatic rings. The van der Waals surface area contributed by atoms with Crippen molar-refractivity contribution in [3.05, 3.63) is 93.5 Å². The van der Waals surface area contributed by atoms with Crippen molar-refractivity contribution in [1.29, 1.82) is 0 Å². The highest BCUT2D eigenvalue weighted by atomic mass is 32.3. The van der Waals surface area contributed by atoms with Crippen LogP contribution in [-0.2, 0) is 6.42 Å². The molecule has 4 nitrogen and oxygen atoms in total. The van der Waals surface area contributed by atoms with E-state index in [1.54, 1.807) is 6.07 Å². The first-order valence-electron chi connectivity index (χ1n) is 13.6. The zero-order chi connectivity index (χ0) is 26.4. The highest BCUT2D eigenvalue weighted by Crippen LogP contribution is 2.58. The molecule has 1 N–H and O–H groups in total. The van der Waals surface area contributed by atoms with Crippen molar-refractivity contribution in [2.75, 3.05) is 22.2 Å². The molecule has 1 aromatic heterocycles. The van der Waals surface area contributed by atoms with Crippen LogP contribution in [0.5, 0.6) is 5.75 Å². The molecule has 0 amide bonds. The van der Waals surface area contributed by atoms with Crippen molar-refractivity contribution in [3.63, 3.8) is 0 Å². The van der Waals surface area contributed by atoms with Crippen molar-refractivity contribution in [3.8, 4) is 5.75 Å². The highest BCUT2D eigenvalue weighted by molar-refractivity contribution is 8.35. The van der Waals surface area contributed by atoms with E-state index in [2.05, 4.69) is 72.9 Å². The monoisotopic (exact) mass is 535 g/mol. The molecule has 2 aliphatic rings. The van der Waals surface area contributed by atoms with Crippen molar-refractivity contribution >= 4 is 24.1 Å². The second-order valence-electron chi connectivity index (χ2n) is 12.0. The Morgan fingerprint density at radius 2 is 1.81 bits per heavy atom. The first-order chi connectivity index (χ1) is 17.6. The van der Waals surface area contributed by atoms with Gasteiger partial charge in [-0.3, -0.25) is 0 Å². The van der Waals surface area contributed by atoms with Crippen LogP contribution in [0.1, 0.15) is 60.5 Å². The number of hydrogen-bond donors (Lipinski definition) is 1. The smallest absolute Gasteiger partial charge is 0.343 e. The minimum absolute atomic E-state index is 0.0466. The molecule has 2 aromatic carbocycles. The highest BCUT2D eigenvalue weighted by Gasteiger charge is 2.44. The molecule has 1 aliphatic carbocycles. The van der Waals surface area contributed by atoms with Gasteiger partial charge in [0, 0.05) is 23.6 Å². The van der Waals surface area contributed by atoms with Crippen molar-refractivity contribution in [2.45, 2.75) is 63.6 Å². The van der Waals surface area contributed by atoms with E-state index in [-0.39, 0.29) is 23.2 Å². The van der Waals surface area contributed by atoms with Gasteiger partial charge in [0.1, 0.15) is 11.5 Å². The fourth-order valence-corrected chi connectivity index (χ4v) is 18.1. The van der Waals surface area contributed by atoms with Gasteiger partial charge in [0.2, 0.25) is 0 Å². The molecule has 198 valence electrons. The predicted octanol–water partition coefficient (Wildman–Crippen LogP) is 7.63. The van der Waals surface area contributed by atoms with E-state index in [0.717, 1.165) is 31.2 Å². The molecular weight excluding hydrogens is 494 g/mol. The van der Waals surface area contributed by atoms with Crippen LogP contribution in [0.15, 0.2) is 69.9 Å². The second-order valence-corrected chi connectivity index (χ2v) is 20.6. The molecule has 0 bridgehead atoms. The van der Waals surface area contributed by atoms with Gasteiger partial charge in [-0.1, -0.05) is 62.5 Å². The van der Waals surface area contributed by atoms with E-state index >= 15 is 0 Å². The van der Waals surface area contributed by atoms with E-state index in [0.29, 0.717) is 17.2 Å². The van der Waals surface area contributed by atoms with Gasteiger partial charge >= 0.3 is 5.63 Å². The number of benzene rings is 2. The third-order valence-electron chi connectivity index (χ3n) is 8.33. The Bertz CT molecular complexity index is 1300. The molecule has 37 heavy (non-hydrogen) atoms. The lowest BCUT2D eigenvalue weighted by molar-refractivity contribution is 0.379. The summed E-state index contributed by atoms with van der Waals surface area (Å²) in [4.78, 5) is 13.5. The van der Waals surface area contributed by atoms with Crippen LogP contribution in [0.25, 0.3) is 0 Å². The summed E-state index contributed by atoms with van der Waals surface area (Å²) in [7, 11) is -2.39. The maximum absolute atomic E-state index is 13.5. The molecule has 5 rings (SSSR count). The van der Waals surface area contributed by atoms with Gasteiger partial charge in [0.25, 0.3) is 0 Å². The van der Waals surface area contributed by atoms with Crippen LogP contribution < -0.4 is 9.60 Å². The SMILES string of the molecule is CC[C@H](Cc1ccccc1)c1cc(O)c([C@H](c2cccc(N3[Si](C)(C)CCS3(C)C)c2)C2CC2)c(=O)o1. The fourth-order valence-electron chi connectivity index (χ4n) is 6.29. The normalized spacial score (nSPS) is 20.9. The Morgan fingerprint density at radius 3 is 2.41 bits per heavy atom. The van der Waals surface area contributed by atoms with Crippen molar-refractivity contribution < 1.29 is 9.52 Å². The molecular formula is C31H41NO3SSi. The summed E-state index contributed by atoms with van der Waals surface area (Å²) >= 11 is 0. The Hall–Kier alpha value is -2.44. The van der Waals surface area contributed by atoms with Crippen LogP contribution in [0.4, 0.5) is 5.69 Å². The predicted molar refractivity (Wildman–Crippen MR) is 160 cm³/mol. The minimum Gasteiger partial charge on any atom is -0.507 e. The number of hydrogen-bond acceptors (Lipinski definition) is 4. The van der Waals surface area contributed by atoms with Gasteiger partial charge in [0.05, 0.1) is 5.56 Å². The lowest BCUT2D eigenvalue weighted by Crippen LogP contribution is -2.43. The summed E-state index contributed by atoms with van der Waals surface area (Å²) in [5.74, 6) is 2.23. The van der Waals surface area contributed by atoms with E-state index in [4.69, 9.17) is 4.42 Å². The third kappa shape index (κ3) is 5.28. The van der Waals surface area contributed by atoms with Gasteiger partial charge in [-0.15, -0.1) is 0 Å². The molecule has 2 fully saturated rings. The quantitative estimate of drug-likeness (QED) is 0.301. The molecule has 2 atom stereocenters. The molecule has 0 unspecified atom stereocenters. The van der Waals surface area contributed by atoms with E-state index < -0.39 is 18.4 Å². The minimum atomic E-state index is -1.53. The van der Waals surface area contributed by atoms with E-state index in [1.165, 1.54) is 23.0 Å². The summed E-state index contributed by atoms with van der Waals surface area (Å²) in [6, 6.07) is 22.1. The topological polar surface area (TPSA) is 53.7 Å². The van der Waals surface area contributed by atoms with Crippen LogP contribution in [0.2, 0.25) is 19.1 Å². The first-order valence-corrected chi connectivity index (χ1v) is 19.4. The van der Waals surface area contributed by atoms with Crippen LogP contribution in [0, 0.1) is 5.92 Å². The Balaban J connectivity index is 1.51. The lowest BCUT2D eigenvalue weighted by Gasteiger charge is -2.45. The third-order valence-corrected chi connectivity index (χ3v) is 16.9. The fraction of sp³-hybridized carbons (Fsp3) is 0.452. The number of anilines is 1. The Labute approximate surface area is 224 Å². The number of rotatable bonds is 8. The standard InChI is InChI=1S/C31H41NO3SSi/c1-6-23(19-22-11-8-7-9-12-22)28-21-27(33)30(31(34)35-28)29(24-15-16-24)25-13-10-14-26(20-25)32-36(2,3)17-18-37(32,4)5/h7-14,20-21,23-24,29,33H,6,15-19H2,1-5H3/t23-,29+/m1/s1. The second kappa shape index (κ2) is 10.0. The van der Waals surface area contributed by atoms with Gasteiger partial charge in [-0.2, -0.15) is 10.2 Å². The molecule has 0 spiro atoms. The average Bonchev–Trinajstić information content (AvgIpc) is 3.66. The molecule has 6 heteroatoms. The van der Waals surface area contributed by atoms with Gasteiger partial charge in [0.15, 0.2) is 8.24 Å². The zero-order valence-corrected chi connectivity index (χ0v) is 24.7. The molecule has 2 heterocycles. The maximum atomic E-state index is 13.5. The van der Waals surface area contributed by atoms with Crippen LogP contribution >= 0.6 is 10.2 Å². The van der Waals surface area contributed by atoms with Crippen LogP contribution in [-0.4, -0.2) is 31.6 Å². The summed E-state index contributed by atoms with van der Waals surface area (Å²) < 4.78 is 8.73. The Kier molecular flexibility index (Phi) is 7.09. The zero-order valence-electron chi connectivity index (χ0n) is 22.9. The summed E-state index contributed by atoms with van der Waals surface area (Å²) in [6.07, 6.45) is 8.61. The van der Waals surface area contributed by atoms with Gasteiger partial charge < -0.3 is 13.5 Å². The van der Waals surface area contributed by atoms with Crippen LogP contribution in [0.3, 0.4) is 0 Å². The average molecular weight is 536 g/mol. The summed E-state index contributed by atoms with van der Waals surface area (Å²) in [6.45, 7) is 7.04. The van der Waals surface area contributed by atoms with E-state index in [1.807, 2.05) is 18.2 Å². The van der Waals surface area contributed by atoms with Gasteiger partial charge in [-0.25, -0.2) is 4.79 Å². The number of nitrogens with zero attached hydrogens (tertiary/aromatic N) is 1. The molecule has 1 saturated carbocycles. The molecule has 1 saturated heterocycles. The van der Waals surface area contributed by atoms with Crippen molar-refractivity contribution in [2.24, 2.45) is 5.92 Å². The summed E-state index contributed by atoms with van der Waals surface area (Å²) in [5, 5.41) is 11.3. The van der Waals surface area contributed by atoms with E-state index in [9.17, 15) is 9.90 Å². The lowest BCUT2D eigenvalue weighted by atomic mass is 9.86. The summed E-state index contributed by atoms with van der Waals surface area (Å²) in [5.41, 5.74) is 3.66. The first kappa shape index (κ1) is 26.2. The van der Waals surface area contributed by atoms with Gasteiger partial charge in [-0.05, 0) is 79.2 Å². The number of aromatic hydroxyl groups is 1. The maximum Gasteiger partial charge on any atom is 0.343 e.